The molecule has 0 aromatic heterocycles. The van der Waals surface area contributed by atoms with Crippen molar-refractivity contribution in [3.05, 3.63) is 28.8 Å². The minimum atomic E-state index is -0.754. The van der Waals surface area contributed by atoms with Crippen molar-refractivity contribution in [2.75, 3.05) is 18.5 Å². The number of carboxylic acid groups (broad SMARTS) is 1. The number of rotatable bonds is 5. The van der Waals surface area contributed by atoms with Gasteiger partial charge in [0.05, 0.1) is 0 Å². The van der Waals surface area contributed by atoms with Crippen LogP contribution in [-0.4, -0.2) is 24.7 Å². The zero-order valence-corrected chi connectivity index (χ0v) is 10.3. The monoisotopic (exact) mass is 241 g/mol. The fourth-order valence-electron chi connectivity index (χ4n) is 1.58. The molecule has 1 aromatic carbocycles. The van der Waals surface area contributed by atoms with Crippen LogP contribution < -0.4 is 4.90 Å². The van der Waals surface area contributed by atoms with Crippen LogP contribution in [0, 0.1) is 6.92 Å². The molecule has 16 heavy (non-hydrogen) atoms. The number of aliphatic carboxylic acids is 1. The highest BCUT2D eigenvalue weighted by atomic mass is 35.5. The van der Waals surface area contributed by atoms with Crippen molar-refractivity contribution >= 4 is 23.3 Å². The second kappa shape index (κ2) is 5.75. The molecule has 0 unspecified atom stereocenters. The van der Waals surface area contributed by atoms with Crippen LogP contribution in [0.1, 0.15) is 18.4 Å². The second-order valence-electron chi connectivity index (χ2n) is 3.85. The summed E-state index contributed by atoms with van der Waals surface area (Å²) in [6, 6.07) is 5.72. The molecule has 0 amide bonds. The molecule has 0 aliphatic heterocycles. The molecular formula is C12H16ClNO2. The summed E-state index contributed by atoms with van der Waals surface area (Å²) in [5, 5.41) is 9.26. The van der Waals surface area contributed by atoms with Gasteiger partial charge in [0, 0.05) is 30.7 Å². The Hall–Kier alpha value is -1.22. The Bertz CT molecular complexity index is 379. The van der Waals surface area contributed by atoms with Crippen LogP contribution in [0.3, 0.4) is 0 Å². The van der Waals surface area contributed by atoms with Crippen molar-refractivity contribution in [3.63, 3.8) is 0 Å². The van der Waals surface area contributed by atoms with Gasteiger partial charge < -0.3 is 10.0 Å². The first-order valence-electron chi connectivity index (χ1n) is 5.20. The molecular weight excluding hydrogens is 226 g/mol. The van der Waals surface area contributed by atoms with E-state index in [9.17, 15) is 4.79 Å². The lowest BCUT2D eigenvalue weighted by atomic mass is 10.2. The Labute approximate surface area is 101 Å². The number of hydrogen-bond acceptors (Lipinski definition) is 2. The molecule has 0 aliphatic carbocycles. The molecule has 0 saturated heterocycles. The summed E-state index contributed by atoms with van der Waals surface area (Å²) >= 11 is 5.92. The van der Waals surface area contributed by atoms with Crippen molar-refractivity contribution in [3.8, 4) is 0 Å². The molecule has 88 valence electrons. The van der Waals surface area contributed by atoms with Crippen LogP contribution >= 0.6 is 11.6 Å². The fraction of sp³-hybridized carbons (Fsp3) is 0.417. The van der Waals surface area contributed by atoms with E-state index in [1.54, 1.807) is 0 Å². The highest BCUT2D eigenvalue weighted by Gasteiger charge is 2.06. The zero-order chi connectivity index (χ0) is 12.1. The number of carboxylic acids is 1. The lowest BCUT2D eigenvalue weighted by molar-refractivity contribution is -0.137. The standard InChI is InChI=1S/C12H16ClNO2/c1-9-5-6-10(13)8-11(9)14(2)7-3-4-12(15)16/h5-6,8H,3-4,7H2,1-2H3,(H,15,16). The van der Waals surface area contributed by atoms with E-state index in [2.05, 4.69) is 0 Å². The number of anilines is 1. The SMILES string of the molecule is Cc1ccc(Cl)cc1N(C)CCCC(=O)O. The number of halogens is 1. The molecule has 0 aliphatic rings. The molecule has 1 aromatic rings. The minimum Gasteiger partial charge on any atom is -0.481 e. The molecule has 0 spiro atoms. The van der Waals surface area contributed by atoms with Crippen molar-refractivity contribution in [2.24, 2.45) is 0 Å². The van der Waals surface area contributed by atoms with E-state index in [0.717, 1.165) is 11.3 Å². The lowest BCUT2D eigenvalue weighted by Gasteiger charge is -2.21. The van der Waals surface area contributed by atoms with Crippen LogP contribution in [0.4, 0.5) is 5.69 Å². The molecule has 0 radical (unpaired) electrons. The minimum absolute atomic E-state index is 0.198. The lowest BCUT2D eigenvalue weighted by Crippen LogP contribution is -2.20. The summed E-state index contributed by atoms with van der Waals surface area (Å²) < 4.78 is 0. The quantitative estimate of drug-likeness (QED) is 0.862. The normalized spacial score (nSPS) is 10.2. The molecule has 4 heteroatoms. The first kappa shape index (κ1) is 12.8. The highest BCUT2D eigenvalue weighted by Crippen LogP contribution is 2.23. The largest absolute Gasteiger partial charge is 0.481 e. The first-order chi connectivity index (χ1) is 7.50. The van der Waals surface area contributed by atoms with Crippen molar-refractivity contribution in [2.45, 2.75) is 19.8 Å². The van der Waals surface area contributed by atoms with Gasteiger partial charge in [0.25, 0.3) is 0 Å². The fourth-order valence-corrected chi connectivity index (χ4v) is 1.75. The van der Waals surface area contributed by atoms with Gasteiger partial charge in [0.2, 0.25) is 0 Å². The average Bonchev–Trinajstić information content (AvgIpc) is 2.21. The zero-order valence-electron chi connectivity index (χ0n) is 9.53. The topological polar surface area (TPSA) is 40.5 Å². The highest BCUT2D eigenvalue weighted by molar-refractivity contribution is 6.30. The van der Waals surface area contributed by atoms with Gasteiger partial charge in [-0.25, -0.2) is 0 Å². The first-order valence-corrected chi connectivity index (χ1v) is 5.57. The third-order valence-corrected chi connectivity index (χ3v) is 2.70. The summed E-state index contributed by atoms with van der Waals surface area (Å²) in [7, 11) is 1.94. The predicted octanol–water partition coefficient (Wildman–Crippen LogP) is 2.95. The maximum atomic E-state index is 10.4. The second-order valence-corrected chi connectivity index (χ2v) is 4.29. The van der Waals surface area contributed by atoms with E-state index in [1.807, 2.05) is 37.1 Å². The summed E-state index contributed by atoms with van der Waals surface area (Å²) in [5.41, 5.74) is 2.19. The van der Waals surface area contributed by atoms with Crippen LogP contribution in [0.15, 0.2) is 18.2 Å². The maximum Gasteiger partial charge on any atom is 0.303 e. The number of nitrogens with zero attached hydrogens (tertiary/aromatic N) is 1. The number of aryl methyl sites for hydroxylation is 1. The van der Waals surface area contributed by atoms with E-state index in [0.29, 0.717) is 18.0 Å². The molecule has 0 bridgehead atoms. The van der Waals surface area contributed by atoms with Gasteiger partial charge in [0.15, 0.2) is 0 Å². The maximum absolute atomic E-state index is 10.4. The van der Waals surface area contributed by atoms with Crippen molar-refractivity contribution in [1.82, 2.24) is 0 Å². The Balaban J connectivity index is 2.61. The predicted molar refractivity (Wildman–Crippen MR) is 66.3 cm³/mol. The van der Waals surface area contributed by atoms with E-state index in [-0.39, 0.29) is 6.42 Å². The molecule has 1 N–H and O–H groups in total. The van der Waals surface area contributed by atoms with Gasteiger partial charge >= 0.3 is 5.97 Å². The summed E-state index contributed by atoms with van der Waals surface area (Å²) in [4.78, 5) is 12.4. The van der Waals surface area contributed by atoms with Gasteiger partial charge in [0.1, 0.15) is 0 Å². The van der Waals surface area contributed by atoms with Crippen molar-refractivity contribution in [1.29, 1.82) is 0 Å². The van der Waals surface area contributed by atoms with Gasteiger partial charge in [-0.1, -0.05) is 17.7 Å². The van der Waals surface area contributed by atoms with E-state index >= 15 is 0 Å². The Morgan fingerprint density at radius 1 is 1.50 bits per heavy atom. The molecule has 3 nitrogen and oxygen atoms in total. The Morgan fingerprint density at radius 3 is 2.81 bits per heavy atom. The van der Waals surface area contributed by atoms with Crippen LogP contribution in [0.2, 0.25) is 5.02 Å². The van der Waals surface area contributed by atoms with E-state index in [1.165, 1.54) is 0 Å². The molecule has 0 heterocycles. The molecule has 1 rings (SSSR count). The summed E-state index contributed by atoms with van der Waals surface area (Å²) in [5.74, 6) is -0.754. The van der Waals surface area contributed by atoms with E-state index < -0.39 is 5.97 Å². The van der Waals surface area contributed by atoms with Gasteiger partial charge in [-0.2, -0.15) is 0 Å². The molecule has 0 fully saturated rings. The smallest absolute Gasteiger partial charge is 0.303 e. The average molecular weight is 242 g/mol. The van der Waals surface area contributed by atoms with Gasteiger partial charge in [-0.05, 0) is 31.0 Å². The van der Waals surface area contributed by atoms with E-state index in [4.69, 9.17) is 16.7 Å². The van der Waals surface area contributed by atoms with Gasteiger partial charge in [-0.15, -0.1) is 0 Å². The van der Waals surface area contributed by atoms with Crippen LogP contribution in [-0.2, 0) is 4.79 Å². The molecule has 0 saturated carbocycles. The number of benzene rings is 1. The van der Waals surface area contributed by atoms with Crippen molar-refractivity contribution < 1.29 is 9.90 Å². The van der Waals surface area contributed by atoms with Crippen LogP contribution in [0.5, 0.6) is 0 Å². The third kappa shape index (κ3) is 3.74. The third-order valence-electron chi connectivity index (χ3n) is 2.47. The summed E-state index contributed by atoms with van der Waals surface area (Å²) in [6.07, 6.45) is 0.835. The Kier molecular flexibility index (Phi) is 4.62. The molecule has 0 atom stereocenters. The number of carbonyl (C=O) groups is 1. The van der Waals surface area contributed by atoms with Crippen LogP contribution in [0.25, 0.3) is 0 Å². The summed E-state index contributed by atoms with van der Waals surface area (Å²) in [6.45, 7) is 2.73. The Morgan fingerprint density at radius 2 is 2.19 bits per heavy atom. The number of hydrogen-bond donors (Lipinski definition) is 1. The van der Waals surface area contributed by atoms with Gasteiger partial charge in [-0.3, -0.25) is 4.79 Å².